The standard InChI is InChI=1S/C20H23NO5.C18H21NO3.C2H3ClO2/c1-14-6-4-7-15(12-14)18(26-11-10-21-20(23)25-3)16-8-5-9-17(13-16)19(22)24-2;1-13-5-3-6-14(11-13)17(22-10-9-19)15-7-4-8-16(12-15)18(20)21-2;1-5-2(3)4/h4-9,12-13,18H,10-11H2,1-3H3,(H,21,23);3-8,11-12,17H,9-10,19H2,1-2H3;1H3. The van der Waals surface area contributed by atoms with Crippen molar-refractivity contribution in [3.63, 3.8) is 0 Å². The summed E-state index contributed by atoms with van der Waals surface area (Å²) in [6, 6.07) is 30.5. The maximum Gasteiger partial charge on any atom is 0.406 e. The summed E-state index contributed by atoms with van der Waals surface area (Å²) in [5.74, 6) is -0.758. The maximum atomic E-state index is 11.8. The highest BCUT2D eigenvalue weighted by molar-refractivity contribution is 6.61. The molecule has 0 spiro atoms. The third-order valence-corrected chi connectivity index (χ3v) is 7.47. The lowest BCUT2D eigenvalue weighted by molar-refractivity contribution is 0.0590. The van der Waals surface area contributed by atoms with E-state index in [0.29, 0.717) is 30.8 Å². The third kappa shape index (κ3) is 15.5. The highest BCUT2D eigenvalue weighted by atomic mass is 35.5. The van der Waals surface area contributed by atoms with Gasteiger partial charge in [-0.2, -0.15) is 0 Å². The van der Waals surface area contributed by atoms with E-state index in [-0.39, 0.29) is 24.8 Å². The lowest BCUT2D eigenvalue weighted by atomic mass is 9.98. The molecule has 1 amide bonds. The normalized spacial score (nSPS) is 11.2. The van der Waals surface area contributed by atoms with E-state index in [9.17, 15) is 19.2 Å². The van der Waals surface area contributed by atoms with E-state index in [0.717, 1.165) is 33.4 Å². The fourth-order valence-electron chi connectivity index (χ4n) is 4.92. The van der Waals surface area contributed by atoms with Crippen LogP contribution in [0.2, 0.25) is 0 Å². The summed E-state index contributed by atoms with van der Waals surface area (Å²) in [6.07, 6.45) is -1.14. The Kier molecular flexibility index (Phi) is 19.9. The molecule has 0 aliphatic heterocycles. The second-order valence-corrected chi connectivity index (χ2v) is 11.5. The third-order valence-electron chi connectivity index (χ3n) is 7.31. The van der Waals surface area contributed by atoms with Crippen LogP contribution in [0, 0.1) is 13.8 Å². The van der Waals surface area contributed by atoms with E-state index in [2.05, 4.69) is 32.5 Å². The van der Waals surface area contributed by atoms with Gasteiger partial charge in [-0.05, 0) is 60.4 Å². The molecule has 0 radical (unpaired) electrons. The number of benzene rings is 4. The molecule has 284 valence electrons. The Morgan fingerprint density at radius 1 is 0.604 bits per heavy atom. The zero-order valence-corrected chi connectivity index (χ0v) is 31.5. The van der Waals surface area contributed by atoms with Crippen molar-refractivity contribution < 1.29 is 47.6 Å². The number of methoxy groups -OCH3 is 4. The Balaban J connectivity index is 0.000000329. The van der Waals surface area contributed by atoms with Gasteiger partial charge < -0.3 is 39.5 Å². The van der Waals surface area contributed by atoms with Crippen molar-refractivity contribution in [2.24, 2.45) is 5.73 Å². The molecule has 4 rings (SSSR count). The molecule has 0 aliphatic rings. The fraction of sp³-hybridized carbons (Fsp3) is 0.300. The number of nitrogens with one attached hydrogen (secondary N) is 1. The summed E-state index contributed by atoms with van der Waals surface area (Å²) >= 11 is 4.60. The number of carbonyl (C=O) groups is 4. The van der Waals surface area contributed by atoms with Crippen molar-refractivity contribution in [1.82, 2.24) is 5.32 Å². The molecule has 4 aromatic carbocycles. The minimum absolute atomic E-state index is 0.256. The second-order valence-electron chi connectivity index (χ2n) is 11.2. The number of nitrogens with two attached hydrogens (primary N) is 1. The smallest absolute Gasteiger partial charge is 0.406 e. The van der Waals surface area contributed by atoms with E-state index in [1.165, 1.54) is 28.4 Å². The van der Waals surface area contributed by atoms with Crippen LogP contribution in [0.4, 0.5) is 9.59 Å². The molecule has 0 heterocycles. The first-order chi connectivity index (χ1) is 25.5. The first-order valence-corrected chi connectivity index (χ1v) is 16.8. The van der Waals surface area contributed by atoms with E-state index in [1.807, 2.05) is 74.5 Å². The molecule has 12 nitrogen and oxygen atoms in total. The number of ether oxygens (including phenoxy) is 6. The van der Waals surface area contributed by atoms with E-state index >= 15 is 0 Å². The average molecular weight is 751 g/mol. The van der Waals surface area contributed by atoms with E-state index in [4.69, 9.17) is 24.7 Å². The zero-order valence-electron chi connectivity index (χ0n) is 30.8. The summed E-state index contributed by atoms with van der Waals surface area (Å²) in [5.41, 5.74) is 11.8. The number of alkyl carbamates (subject to hydrolysis) is 1. The van der Waals surface area contributed by atoms with Gasteiger partial charge in [0.15, 0.2) is 0 Å². The first kappa shape index (κ1) is 43.9. The van der Waals surface area contributed by atoms with Crippen LogP contribution in [-0.2, 0) is 28.4 Å². The first-order valence-electron chi connectivity index (χ1n) is 16.5. The molecule has 4 aromatic rings. The average Bonchev–Trinajstić information content (AvgIpc) is 3.18. The topological polar surface area (TPSA) is 162 Å². The maximum absolute atomic E-state index is 11.8. The van der Waals surface area contributed by atoms with Gasteiger partial charge in [0, 0.05) is 24.7 Å². The Labute approximate surface area is 315 Å². The minimum Gasteiger partial charge on any atom is -0.465 e. The van der Waals surface area contributed by atoms with Gasteiger partial charge in [-0.25, -0.2) is 19.2 Å². The summed E-state index contributed by atoms with van der Waals surface area (Å²) in [6.45, 7) is 5.53. The van der Waals surface area contributed by atoms with Gasteiger partial charge in [-0.15, -0.1) is 0 Å². The molecule has 3 N–H and O–H groups in total. The molecule has 13 heteroatoms. The summed E-state index contributed by atoms with van der Waals surface area (Å²) < 4.78 is 29.9. The molecule has 53 heavy (non-hydrogen) atoms. The molecule has 0 saturated carbocycles. The molecule has 0 fully saturated rings. The number of esters is 2. The second kappa shape index (κ2) is 24.1. The number of amides is 1. The van der Waals surface area contributed by atoms with Crippen molar-refractivity contribution >= 4 is 35.1 Å². The predicted molar refractivity (Wildman–Crippen MR) is 201 cm³/mol. The van der Waals surface area contributed by atoms with Crippen LogP contribution < -0.4 is 11.1 Å². The molecule has 0 bridgehead atoms. The molecule has 0 aliphatic carbocycles. The molecule has 2 unspecified atom stereocenters. The van der Waals surface area contributed by atoms with Crippen LogP contribution in [-0.4, -0.2) is 78.2 Å². The quantitative estimate of drug-likeness (QED) is 0.0622. The SMILES string of the molecule is COC(=O)Cl.COC(=O)NCCOC(c1cccc(C)c1)c1cccc(C(=O)OC)c1.COC(=O)c1cccc(C(OCCN)c2cccc(C)c2)c1. The lowest BCUT2D eigenvalue weighted by Gasteiger charge is -2.20. The van der Waals surface area contributed by atoms with Crippen molar-refractivity contribution in [3.8, 4) is 0 Å². The van der Waals surface area contributed by atoms with Gasteiger partial charge in [0.25, 0.3) is 0 Å². The fourth-order valence-corrected chi connectivity index (χ4v) is 4.92. The van der Waals surface area contributed by atoms with Crippen LogP contribution >= 0.6 is 11.6 Å². The lowest BCUT2D eigenvalue weighted by Crippen LogP contribution is -2.27. The molecule has 2 atom stereocenters. The van der Waals surface area contributed by atoms with Gasteiger partial charge in [-0.1, -0.05) is 83.9 Å². The molecular weight excluding hydrogens is 704 g/mol. The summed E-state index contributed by atoms with van der Waals surface area (Å²) in [4.78, 5) is 44.0. The number of hydrogen-bond acceptors (Lipinski definition) is 11. The number of carbonyl (C=O) groups excluding carboxylic acids is 4. The summed E-state index contributed by atoms with van der Waals surface area (Å²) in [5, 5.41) is 2.58. The van der Waals surface area contributed by atoms with Gasteiger partial charge >= 0.3 is 23.5 Å². The van der Waals surface area contributed by atoms with Crippen molar-refractivity contribution in [2.75, 3.05) is 54.7 Å². The van der Waals surface area contributed by atoms with E-state index in [1.54, 1.807) is 30.3 Å². The highest BCUT2D eigenvalue weighted by Gasteiger charge is 2.19. The zero-order chi connectivity index (χ0) is 39.2. The number of rotatable bonds is 13. The number of hydrogen-bond donors (Lipinski definition) is 2. The van der Waals surface area contributed by atoms with Crippen LogP contribution in [0.1, 0.15) is 66.3 Å². The van der Waals surface area contributed by atoms with Gasteiger partial charge in [0.05, 0.1) is 52.8 Å². The van der Waals surface area contributed by atoms with Crippen LogP contribution in [0.25, 0.3) is 0 Å². The minimum atomic E-state index is -0.773. The Morgan fingerprint density at radius 3 is 1.36 bits per heavy atom. The molecule has 0 aromatic heterocycles. The number of halogens is 1. The van der Waals surface area contributed by atoms with Crippen LogP contribution in [0.3, 0.4) is 0 Å². The monoisotopic (exact) mass is 750 g/mol. The van der Waals surface area contributed by atoms with Gasteiger partial charge in [0.1, 0.15) is 12.2 Å². The van der Waals surface area contributed by atoms with Crippen molar-refractivity contribution in [3.05, 3.63) is 142 Å². The van der Waals surface area contributed by atoms with Crippen molar-refractivity contribution in [1.29, 1.82) is 0 Å². The van der Waals surface area contributed by atoms with Gasteiger partial charge in [-0.3, -0.25) is 0 Å². The number of aryl methyl sites for hydroxylation is 2. The molecule has 0 saturated heterocycles. The van der Waals surface area contributed by atoms with Crippen LogP contribution in [0.5, 0.6) is 0 Å². The highest BCUT2D eigenvalue weighted by Crippen LogP contribution is 2.29. The summed E-state index contributed by atoms with van der Waals surface area (Å²) in [7, 11) is 5.25. The Bertz CT molecular complexity index is 1770. The molecular formula is C40H47ClN2O10. The Hall–Kier alpha value is -5.27. The predicted octanol–water partition coefficient (Wildman–Crippen LogP) is 7.08. The van der Waals surface area contributed by atoms with Gasteiger partial charge in [0.2, 0.25) is 0 Å². The largest absolute Gasteiger partial charge is 0.465 e. The van der Waals surface area contributed by atoms with Crippen LogP contribution in [0.15, 0.2) is 97.1 Å². The Morgan fingerprint density at radius 2 is 1.00 bits per heavy atom. The van der Waals surface area contributed by atoms with E-state index < -0.39 is 17.5 Å². The van der Waals surface area contributed by atoms with Crippen molar-refractivity contribution in [2.45, 2.75) is 26.1 Å².